The van der Waals surface area contributed by atoms with Gasteiger partial charge in [-0.2, -0.15) is 0 Å². The summed E-state index contributed by atoms with van der Waals surface area (Å²) in [5.74, 6) is -0.219. The summed E-state index contributed by atoms with van der Waals surface area (Å²) in [6.07, 6.45) is 1.53. The van der Waals surface area contributed by atoms with Gasteiger partial charge in [0.15, 0.2) is 0 Å². The van der Waals surface area contributed by atoms with E-state index in [2.05, 4.69) is 25.9 Å². The minimum absolute atomic E-state index is 0.0878. The second kappa shape index (κ2) is 7.72. The Kier molecular flexibility index (Phi) is 5.39. The molecule has 3 rings (SSSR count). The molecule has 0 atom stereocenters. The third-order valence-electron chi connectivity index (χ3n) is 4.07. The van der Waals surface area contributed by atoms with Gasteiger partial charge < -0.3 is 15.1 Å². The first kappa shape index (κ1) is 18.2. The van der Waals surface area contributed by atoms with Crippen LogP contribution in [0.4, 0.5) is 11.4 Å². The van der Waals surface area contributed by atoms with Gasteiger partial charge in [0.1, 0.15) is 0 Å². The molecule has 1 heterocycles. The maximum absolute atomic E-state index is 12.0. The summed E-state index contributed by atoms with van der Waals surface area (Å²) >= 11 is 3.39. The predicted molar refractivity (Wildman–Crippen MR) is 108 cm³/mol. The van der Waals surface area contributed by atoms with Crippen LogP contribution in [0.15, 0.2) is 56.7 Å². The fourth-order valence-corrected chi connectivity index (χ4v) is 3.01. The van der Waals surface area contributed by atoms with Crippen LogP contribution in [0.1, 0.15) is 5.56 Å². The van der Waals surface area contributed by atoms with Gasteiger partial charge in [-0.25, -0.2) is 0 Å². The van der Waals surface area contributed by atoms with Crippen molar-refractivity contribution < 1.29 is 10.2 Å². The fraction of sp³-hybridized carbons (Fsp3) is 0.158. The van der Waals surface area contributed by atoms with Crippen LogP contribution < -0.4 is 10.5 Å². The van der Waals surface area contributed by atoms with Crippen molar-refractivity contribution in [1.29, 1.82) is 0 Å². The van der Waals surface area contributed by atoms with Crippen LogP contribution in [0.25, 0.3) is 10.8 Å². The number of benzene rings is 2. The Labute approximate surface area is 158 Å². The Balaban J connectivity index is 1.96. The second-order valence-corrected chi connectivity index (χ2v) is 6.74. The van der Waals surface area contributed by atoms with Crippen LogP contribution in [0.3, 0.4) is 0 Å². The van der Waals surface area contributed by atoms with Gasteiger partial charge in [0, 0.05) is 40.7 Å². The number of nitrogens with zero attached hydrogens (tertiary/aromatic N) is 2. The molecule has 0 aliphatic carbocycles. The highest BCUT2D eigenvalue weighted by atomic mass is 79.9. The van der Waals surface area contributed by atoms with E-state index in [4.69, 9.17) is 5.11 Å². The quantitative estimate of drug-likeness (QED) is 0.558. The Morgan fingerprint density at radius 3 is 2.62 bits per heavy atom. The molecular formula is C19H18BrN3O3. The first-order valence-corrected chi connectivity index (χ1v) is 8.79. The van der Waals surface area contributed by atoms with Gasteiger partial charge in [-0.05, 0) is 42.5 Å². The smallest absolute Gasteiger partial charge is 0.258 e. The van der Waals surface area contributed by atoms with Gasteiger partial charge in [0.05, 0.1) is 17.9 Å². The molecule has 3 N–H and O–H groups in total. The van der Waals surface area contributed by atoms with Crippen molar-refractivity contribution in [2.24, 2.45) is 4.99 Å². The van der Waals surface area contributed by atoms with E-state index in [0.717, 1.165) is 10.2 Å². The average Bonchev–Trinajstić information content (AvgIpc) is 2.62. The van der Waals surface area contributed by atoms with Crippen molar-refractivity contribution in [2.75, 3.05) is 25.1 Å². The maximum Gasteiger partial charge on any atom is 0.258 e. The summed E-state index contributed by atoms with van der Waals surface area (Å²) in [5.41, 5.74) is 1.78. The molecule has 0 saturated carbocycles. The first-order valence-electron chi connectivity index (χ1n) is 8.00. The fourth-order valence-electron chi connectivity index (χ4n) is 2.65. The molecular weight excluding hydrogens is 398 g/mol. The highest BCUT2D eigenvalue weighted by Crippen LogP contribution is 2.25. The number of fused-ring (bicyclic) bond motifs is 1. The van der Waals surface area contributed by atoms with Crippen molar-refractivity contribution in [3.8, 4) is 5.88 Å². The highest BCUT2D eigenvalue weighted by Gasteiger charge is 2.10. The van der Waals surface area contributed by atoms with Gasteiger partial charge in [-0.3, -0.25) is 14.8 Å². The van der Waals surface area contributed by atoms with Crippen LogP contribution >= 0.6 is 15.9 Å². The molecule has 0 bridgehead atoms. The van der Waals surface area contributed by atoms with Gasteiger partial charge >= 0.3 is 0 Å². The number of nitrogens with one attached hydrogen (secondary N) is 1. The topological polar surface area (TPSA) is 88.9 Å². The Morgan fingerprint density at radius 1 is 1.19 bits per heavy atom. The number of rotatable bonds is 5. The van der Waals surface area contributed by atoms with Crippen molar-refractivity contribution >= 4 is 44.3 Å². The Morgan fingerprint density at radius 2 is 1.92 bits per heavy atom. The van der Waals surface area contributed by atoms with Crippen molar-refractivity contribution in [1.82, 2.24) is 4.98 Å². The average molecular weight is 416 g/mol. The monoisotopic (exact) mass is 415 g/mol. The maximum atomic E-state index is 12.0. The summed E-state index contributed by atoms with van der Waals surface area (Å²) in [6, 6.07) is 12.8. The number of aromatic nitrogens is 1. The molecule has 0 fully saturated rings. The molecule has 0 spiro atoms. The number of aromatic amines is 1. The zero-order chi connectivity index (χ0) is 18.7. The van der Waals surface area contributed by atoms with Crippen molar-refractivity contribution in [2.45, 2.75) is 0 Å². The zero-order valence-corrected chi connectivity index (χ0v) is 15.7. The van der Waals surface area contributed by atoms with E-state index in [1.165, 1.54) is 6.21 Å². The normalized spacial score (nSPS) is 11.3. The molecule has 0 amide bonds. The molecule has 0 unspecified atom stereocenters. The van der Waals surface area contributed by atoms with Gasteiger partial charge in [-0.1, -0.05) is 15.9 Å². The SMILES string of the molecule is CN(CCO)c1ccc(N=Cc2c(O)[nH]c(=O)c3ccc(Br)cc23)cc1. The first-order chi connectivity index (χ1) is 12.5. The third-order valence-corrected chi connectivity index (χ3v) is 4.57. The highest BCUT2D eigenvalue weighted by molar-refractivity contribution is 9.10. The number of anilines is 1. The van der Waals surface area contributed by atoms with Crippen LogP contribution in [0.2, 0.25) is 0 Å². The van der Waals surface area contributed by atoms with E-state index >= 15 is 0 Å². The standard InChI is InChI=1S/C19H18BrN3O3/c1-23(8-9-24)14-5-3-13(4-6-14)21-11-17-16-10-12(20)2-7-15(16)18(25)22-19(17)26/h2-7,10-11,24H,8-9H2,1H3,(H2,22,25,26). The molecule has 134 valence electrons. The van der Waals surface area contributed by atoms with Crippen LogP contribution in [-0.4, -0.2) is 41.6 Å². The summed E-state index contributed by atoms with van der Waals surface area (Å²) in [7, 11) is 1.90. The summed E-state index contributed by atoms with van der Waals surface area (Å²) < 4.78 is 0.806. The second-order valence-electron chi connectivity index (χ2n) is 5.83. The minimum atomic E-state index is -0.349. The number of pyridine rings is 1. The molecule has 7 heteroatoms. The number of aliphatic imine (C=N–C) groups is 1. The number of H-pyrrole nitrogens is 1. The van der Waals surface area contributed by atoms with E-state index in [0.29, 0.717) is 28.6 Å². The number of halogens is 1. The zero-order valence-electron chi connectivity index (χ0n) is 14.1. The number of hydrogen-bond donors (Lipinski definition) is 3. The lowest BCUT2D eigenvalue weighted by molar-refractivity contribution is 0.304. The molecule has 0 aliphatic rings. The lowest BCUT2D eigenvalue weighted by atomic mass is 10.1. The summed E-state index contributed by atoms with van der Waals surface area (Å²) in [5, 5.41) is 20.2. The van der Waals surface area contributed by atoms with Crippen molar-refractivity contribution in [3.63, 3.8) is 0 Å². The number of aliphatic hydroxyl groups is 1. The molecule has 0 aliphatic heterocycles. The van der Waals surface area contributed by atoms with Gasteiger partial charge in [0.25, 0.3) is 5.56 Å². The number of hydrogen-bond acceptors (Lipinski definition) is 5. The van der Waals surface area contributed by atoms with Crippen LogP contribution in [0, 0.1) is 0 Å². The van der Waals surface area contributed by atoms with Gasteiger partial charge in [0.2, 0.25) is 5.88 Å². The number of likely N-dealkylation sites (N-methyl/N-ethyl adjacent to an activating group) is 1. The Hall–Kier alpha value is -2.64. The predicted octanol–water partition coefficient (Wildman–Crippen LogP) is 3.18. The van der Waals surface area contributed by atoms with E-state index in [1.54, 1.807) is 18.2 Å². The molecule has 0 radical (unpaired) electrons. The third kappa shape index (κ3) is 3.79. The van der Waals surface area contributed by atoms with E-state index in [9.17, 15) is 9.90 Å². The summed E-state index contributed by atoms with van der Waals surface area (Å²) in [6.45, 7) is 0.638. The van der Waals surface area contributed by atoms with Crippen molar-refractivity contribution in [3.05, 3.63) is 62.9 Å². The molecule has 2 aromatic carbocycles. The van der Waals surface area contributed by atoms with E-state index in [1.807, 2.05) is 36.2 Å². The minimum Gasteiger partial charge on any atom is -0.494 e. The largest absolute Gasteiger partial charge is 0.494 e. The van der Waals surface area contributed by atoms with Gasteiger partial charge in [-0.15, -0.1) is 0 Å². The number of aromatic hydroxyl groups is 1. The lowest BCUT2D eigenvalue weighted by Crippen LogP contribution is -2.20. The number of aliphatic hydroxyl groups excluding tert-OH is 1. The van der Waals surface area contributed by atoms with E-state index < -0.39 is 0 Å². The molecule has 0 saturated heterocycles. The molecule has 26 heavy (non-hydrogen) atoms. The summed E-state index contributed by atoms with van der Waals surface area (Å²) in [4.78, 5) is 20.8. The molecule has 3 aromatic rings. The van der Waals surface area contributed by atoms with E-state index in [-0.39, 0.29) is 18.0 Å². The molecule has 6 nitrogen and oxygen atoms in total. The molecule has 1 aromatic heterocycles. The van der Waals surface area contributed by atoms with Crippen LogP contribution in [0.5, 0.6) is 5.88 Å². The van der Waals surface area contributed by atoms with Crippen LogP contribution in [-0.2, 0) is 0 Å². The Bertz CT molecular complexity index is 1010. The lowest BCUT2D eigenvalue weighted by Gasteiger charge is -2.17.